The number of esters is 1. The predicted molar refractivity (Wildman–Crippen MR) is 324 cm³/mol. The smallest absolute Gasteiger partial charge is 0.497 e. The number of hydrogen-bond acceptors (Lipinski definition) is 20. The van der Waals surface area contributed by atoms with Crippen LogP contribution >= 0.6 is 62.1 Å². The van der Waals surface area contributed by atoms with Crippen LogP contribution in [0.4, 0.5) is 14.7 Å². The Morgan fingerprint density at radius 2 is 1.39 bits per heavy atom. The first kappa shape index (κ1) is 59.9. The van der Waals surface area contributed by atoms with Crippen LogP contribution in [0.5, 0.6) is 17.2 Å². The number of thiazole rings is 1. The third-order valence-corrected chi connectivity index (χ3v) is 18.1. The lowest BCUT2D eigenvalue weighted by atomic mass is 9.77. The summed E-state index contributed by atoms with van der Waals surface area (Å²) in [5.41, 5.74) is 0.755. The van der Waals surface area contributed by atoms with Crippen LogP contribution in [0, 0.1) is 0 Å². The van der Waals surface area contributed by atoms with Crippen molar-refractivity contribution in [2.75, 3.05) is 31.0 Å². The maximum atomic E-state index is 14.5. The highest BCUT2D eigenvalue weighted by atomic mass is 79.9. The van der Waals surface area contributed by atoms with E-state index in [1.807, 2.05) is 91.0 Å². The van der Waals surface area contributed by atoms with E-state index in [9.17, 15) is 28.8 Å². The van der Waals surface area contributed by atoms with Gasteiger partial charge in [-0.15, -0.1) is 46.2 Å². The van der Waals surface area contributed by atoms with Gasteiger partial charge in [-0.1, -0.05) is 108 Å². The molecule has 1 unspecified atom stereocenters. The van der Waals surface area contributed by atoms with Crippen LogP contribution in [0.25, 0.3) is 10.1 Å². The molecule has 0 bridgehead atoms. The molecule has 2 aliphatic heterocycles. The van der Waals surface area contributed by atoms with E-state index in [0.29, 0.717) is 30.9 Å². The molecule has 4 heterocycles. The first-order chi connectivity index (χ1) is 39.7. The molecule has 5 aromatic carbocycles. The monoisotopic (exact) mass is 1260 g/mol. The Balaban J connectivity index is 0.984. The van der Waals surface area contributed by atoms with E-state index < -0.39 is 63.7 Å². The molecule has 0 aliphatic carbocycles. The number of nitrogens with one attached hydrogen (secondary N) is 2. The van der Waals surface area contributed by atoms with Crippen molar-refractivity contribution in [2.24, 2.45) is 5.16 Å². The Morgan fingerprint density at radius 3 is 1.95 bits per heavy atom. The van der Waals surface area contributed by atoms with Gasteiger partial charge < -0.3 is 43.9 Å². The SMILES string of the molecule is CO/N=C(\C(=O)NC1C(=O)N2C(C(=O)OCc3ccc(OC)cc3)=C(CSc3cc(=O)c4cc(OC(=O)OC(C)(C)C)c(OC(=O)OC(C)(C)C)c(Br)c4s3)CS[C@@H]12)c1csc(NC(c2ccccc2)(c2ccccc2)c2ccccc2)n1. The van der Waals surface area contributed by atoms with Crippen molar-refractivity contribution in [3.05, 3.63) is 187 Å². The van der Waals surface area contributed by atoms with Gasteiger partial charge >= 0.3 is 18.3 Å². The number of anilines is 1. The van der Waals surface area contributed by atoms with Crippen LogP contribution in [0.1, 0.15) is 69.5 Å². The van der Waals surface area contributed by atoms with Crippen molar-refractivity contribution in [1.29, 1.82) is 0 Å². The lowest BCUT2D eigenvalue weighted by Crippen LogP contribution is -2.71. The van der Waals surface area contributed by atoms with E-state index in [0.717, 1.165) is 28.0 Å². The molecule has 0 spiro atoms. The molecular formula is C60H56BrN5O13S4. The fraction of sp³-hybridized carbons (Fsp3) is 0.267. The van der Waals surface area contributed by atoms with Gasteiger partial charge in [0.1, 0.15) is 59.0 Å². The molecule has 1 saturated heterocycles. The van der Waals surface area contributed by atoms with E-state index in [1.165, 1.54) is 59.0 Å². The number of carbonyl (C=O) groups excluding carboxylic acids is 5. The van der Waals surface area contributed by atoms with Gasteiger partial charge in [0.05, 0.1) is 20.5 Å². The van der Waals surface area contributed by atoms with Crippen LogP contribution in [0.3, 0.4) is 0 Å². The van der Waals surface area contributed by atoms with Crippen LogP contribution in [0.15, 0.2) is 163 Å². The van der Waals surface area contributed by atoms with Gasteiger partial charge in [0, 0.05) is 28.3 Å². The molecule has 430 valence electrons. The average molecular weight is 1260 g/mol. The third kappa shape index (κ3) is 13.7. The maximum Gasteiger partial charge on any atom is 0.514 e. The fourth-order valence-corrected chi connectivity index (χ4v) is 14.1. The molecule has 2 atom stereocenters. The highest BCUT2D eigenvalue weighted by Crippen LogP contribution is 2.47. The minimum Gasteiger partial charge on any atom is -0.497 e. The molecule has 7 aromatic rings. The van der Waals surface area contributed by atoms with Crippen LogP contribution in [-0.4, -0.2) is 94.0 Å². The minimum absolute atomic E-state index is 0.00344. The van der Waals surface area contributed by atoms with Crippen molar-refractivity contribution in [3.63, 3.8) is 0 Å². The Labute approximate surface area is 503 Å². The van der Waals surface area contributed by atoms with Crippen molar-refractivity contribution >= 4 is 113 Å². The molecule has 83 heavy (non-hydrogen) atoms. The number of benzene rings is 5. The standard InChI is InChI=1S/C60H56BrN5O13S4/c1-58(2,3)78-56(71)76-43-28-40-42(67)29-44(83-50(40)45(61)49(43)77-57(72)79-59(4,5)6)80-31-35-32-81-53-47(52(69)66(53)48(35)54(70)75-30-34-24-26-39(73-7)27-25-34)63-51(68)46(65-74-8)41-33-82-55(62-41)64-60(36-18-12-9-13-19-36,37-20-14-10-15-21-37)38-22-16-11-17-23-38/h9-29,33,47,53H,30-32H2,1-8H3,(H,62,64)(H,63,68)/b65-46-/t47?,53-/m0/s1. The van der Waals surface area contributed by atoms with Gasteiger partial charge in [0.15, 0.2) is 27.8 Å². The third-order valence-electron chi connectivity index (χ3n) is 12.5. The number of carbonyl (C=O) groups is 5. The average Bonchev–Trinajstić information content (AvgIpc) is 2.03. The van der Waals surface area contributed by atoms with E-state index in [2.05, 4.69) is 31.7 Å². The quantitative estimate of drug-likeness (QED) is 0.0119. The summed E-state index contributed by atoms with van der Waals surface area (Å²) in [5.74, 6) is -1.67. The Bertz CT molecular complexity index is 3600. The van der Waals surface area contributed by atoms with Gasteiger partial charge in [0.25, 0.3) is 11.8 Å². The van der Waals surface area contributed by atoms with E-state index in [1.54, 1.807) is 78.3 Å². The Kier molecular flexibility index (Phi) is 18.4. The number of oxime groups is 1. The topological polar surface area (TPSA) is 220 Å². The first-order valence-corrected chi connectivity index (χ1v) is 30.2. The zero-order chi connectivity index (χ0) is 59.2. The summed E-state index contributed by atoms with van der Waals surface area (Å²) in [5, 5.41) is 12.2. The zero-order valence-corrected chi connectivity index (χ0v) is 51.0. The Morgan fingerprint density at radius 1 is 0.795 bits per heavy atom. The number of hydrogen-bond donors (Lipinski definition) is 2. The number of rotatable bonds is 18. The number of fused-ring (bicyclic) bond motifs is 2. The predicted octanol–water partition coefficient (Wildman–Crippen LogP) is 12.1. The Hall–Kier alpha value is -7.70. The summed E-state index contributed by atoms with van der Waals surface area (Å²) in [7, 11) is 2.85. The van der Waals surface area contributed by atoms with Gasteiger partial charge in [-0.3, -0.25) is 19.3 Å². The van der Waals surface area contributed by atoms with Gasteiger partial charge in [-0.2, -0.15) is 0 Å². The second-order valence-electron chi connectivity index (χ2n) is 20.6. The lowest BCUT2D eigenvalue weighted by molar-refractivity contribution is -0.153. The normalized spacial score (nSPS) is 15.4. The molecule has 2 aromatic heterocycles. The van der Waals surface area contributed by atoms with Crippen LogP contribution in [-0.2, 0) is 45.6 Å². The summed E-state index contributed by atoms with van der Waals surface area (Å²) in [6, 6.07) is 38.5. The molecule has 0 saturated carbocycles. The lowest BCUT2D eigenvalue weighted by Gasteiger charge is -2.49. The first-order valence-electron chi connectivity index (χ1n) is 25.7. The fourth-order valence-electron chi connectivity index (χ4n) is 8.91. The molecule has 0 radical (unpaired) electrons. The molecule has 18 nitrogen and oxygen atoms in total. The van der Waals surface area contributed by atoms with Crippen molar-refractivity contribution < 1.29 is 57.2 Å². The van der Waals surface area contributed by atoms with Gasteiger partial charge in [0.2, 0.25) is 0 Å². The molecule has 2 aliphatic rings. The van der Waals surface area contributed by atoms with Crippen LogP contribution < -0.4 is 30.3 Å². The molecular weight excluding hydrogens is 1210 g/mol. The maximum absolute atomic E-state index is 14.5. The summed E-state index contributed by atoms with van der Waals surface area (Å²) in [6.45, 7) is 9.77. The van der Waals surface area contributed by atoms with E-state index >= 15 is 0 Å². The number of ether oxygens (including phenoxy) is 6. The summed E-state index contributed by atoms with van der Waals surface area (Å²) in [4.78, 5) is 94.6. The number of aromatic nitrogens is 1. The summed E-state index contributed by atoms with van der Waals surface area (Å²) < 4.78 is 34.0. The van der Waals surface area contributed by atoms with E-state index in [4.69, 9.17) is 38.2 Å². The molecule has 2 N–H and O–H groups in total. The summed E-state index contributed by atoms with van der Waals surface area (Å²) >= 11 is 8.47. The zero-order valence-electron chi connectivity index (χ0n) is 46.1. The number of thioether (sulfide) groups is 2. The number of nitrogens with zero attached hydrogens (tertiary/aromatic N) is 3. The number of halogens is 1. The van der Waals surface area contributed by atoms with Crippen molar-refractivity contribution in [2.45, 2.75) is 80.5 Å². The van der Waals surface area contributed by atoms with Crippen molar-refractivity contribution in [1.82, 2.24) is 15.2 Å². The number of β-lactam (4-membered cyclic amide) rings is 1. The van der Waals surface area contributed by atoms with Crippen molar-refractivity contribution in [3.8, 4) is 17.2 Å². The second-order valence-corrected chi connectivity index (χ2v) is 25.7. The molecule has 1 fully saturated rings. The number of methoxy groups -OCH3 is 1. The largest absolute Gasteiger partial charge is 0.514 e. The van der Waals surface area contributed by atoms with E-state index in [-0.39, 0.29) is 56.6 Å². The second kappa shape index (κ2) is 25.4. The van der Waals surface area contributed by atoms with Crippen LogP contribution in [0.2, 0.25) is 0 Å². The van der Waals surface area contributed by atoms with Gasteiger partial charge in [-0.25, -0.2) is 19.4 Å². The number of amides is 2. The molecule has 2 amide bonds. The minimum atomic E-state index is -1.10. The highest BCUT2D eigenvalue weighted by molar-refractivity contribution is 9.10. The summed E-state index contributed by atoms with van der Waals surface area (Å²) in [6.07, 6.45) is -2.20. The van der Waals surface area contributed by atoms with Gasteiger partial charge in [-0.05, 0) is 103 Å². The molecule has 23 heteroatoms. The molecule has 9 rings (SSSR count). The highest BCUT2D eigenvalue weighted by Gasteiger charge is 2.55.